The zero-order chi connectivity index (χ0) is 13.0. The van der Waals surface area contributed by atoms with Crippen molar-refractivity contribution in [1.29, 1.82) is 0 Å². The topological polar surface area (TPSA) is 38.3 Å². The Morgan fingerprint density at radius 2 is 1.88 bits per heavy atom. The molecule has 0 aromatic heterocycles. The summed E-state index contributed by atoms with van der Waals surface area (Å²) >= 11 is 0. The number of amides is 1. The minimum absolute atomic E-state index is 0.0825. The maximum absolute atomic E-state index is 11.7. The minimum atomic E-state index is -0.474. The van der Waals surface area contributed by atoms with E-state index in [0.29, 0.717) is 0 Å². The Balaban J connectivity index is 2.71. The molecule has 0 bridgehead atoms. The highest BCUT2D eigenvalue weighted by Gasteiger charge is 2.16. The van der Waals surface area contributed by atoms with Crippen molar-refractivity contribution < 1.29 is 9.53 Å². The maximum atomic E-state index is 11.7. The van der Waals surface area contributed by atoms with Gasteiger partial charge in [0.25, 0.3) is 5.91 Å². The molecular formula is C14H21NO2. The molecule has 1 aromatic rings. The largest absolute Gasteiger partial charge is 0.481 e. The van der Waals surface area contributed by atoms with E-state index in [1.165, 1.54) is 5.56 Å². The van der Waals surface area contributed by atoms with Crippen LogP contribution in [0.3, 0.4) is 0 Å². The molecule has 0 fully saturated rings. The highest BCUT2D eigenvalue weighted by molar-refractivity contribution is 5.80. The first-order chi connectivity index (χ1) is 7.91. The number of aryl methyl sites for hydroxylation is 1. The number of carbonyl (C=O) groups is 1. The van der Waals surface area contributed by atoms with Crippen LogP contribution in [0.15, 0.2) is 18.2 Å². The summed E-state index contributed by atoms with van der Waals surface area (Å²) in [5.74, 6) is 0.692. The molecule has 0 aliphatic carbocycles. The van der Waals surface area contributed by atoms with Crippen molar-refractivity contribution in [3.8, 4) is 5.75 Å². The van der Waals surface area contributed by atoms with Crippen LogP contribution in [0, 0.1) is 13.8 Å². The van der Waals surface area contributed by atoms with Gasteiger partial charge in [-0.25, -0.2) is 0 Å². The molecule has 0 radical (unpaired) electrons. The molecule has 1 rings (SSSR count). The predicted molar refractivity (Wildman–Crippen MR) is 69.3 cm³/mol. The molecule has 17 heavy (non-hydrogen) atoms. The molecule has 0 saturated heterocycles. The number of ether oxygens (including phenoxy) is 1. The molecule has 1 N–H and O–H groups in total. The minimum Gasteiger partial charge on any atom is -0.481 e. The molecule has 1 aromatic carbocycles. The number of nitrogens with one attached hydrogen (secondary N) is 1. The summed E-state index contributed by atoms with van der Waals surface area (Å²) in [4.78, 5) is 11.7. The molecule has 0 aliphatic heterocycles. The smallest absolute Gasteiger partial charge is 0.260 e. The van der Waals surface area contributed by atoms with Crippen molar-refractivity contribution in [3.05, 3.63) is 29.3 Å². The van der Waals surface area contributed by atoms with Crippen LogP contribution in [-0.2, 0) is 4.79 Å². The molecule has 3 heteroatoms. The van der Waals surface area contributed by atoms with Gasteiger partial charge in [-0.15, -0.1) is 0 Å². The normalized spacial score (nSPS) is 12.4. The van der Waals surface area contributed by atoms with Crippen LogP contribution in [0.2, 0.25) is 0 Å². The molecule has 1 atom stereocenters. The zero-order valence-electron chi connectivity index (χ0n) is 11.2. The zero-order valence-corrected chi connectivity index (χ0v) is 11.2. The van der Waals surface area contributed by atoms with Gasteiger partial charge in [0.15, 0.2) is 6.10 Å². The SMILES string of the molecule is Cc1cccc(OC(C)C(=O)NC(C)C)c1C. The van der Waals surface area contributed by atoms with E-state index in [2.05, 4.69) is 5.32 Å². The first-order valence-electron chi connectivity index (χ1n) is 5.95. The van der Waals surface area contributed by atoms with Gasteiger partial charge in [-0.2, -0.15) is 0 Å². The predicted octanol–water partition coefficient (Wildman–Crippen LogP) is 2.60. The van der Waals surface area contributed by atoms with Crippen LogP contribution >= 0.6 is 0 Å². The van der Waals surface area contributed by atoms with Gasteiger partial charge in [0.05, 0.1) is 0 Å². The Morgan fingerprint density at radius 1 is 1.24 bits per heavy atom. The van der Waals surface area contributed by atoms with Crippen molar-refractivity contribution in [2.24, 2.45) is 0 Å². The van der Waals surface area contributed by atoms with E-state index in [1.54, 1.807) is 6.92 Å². The number of carbonyl (C=O) groups excluding carboxylic acids is 1. The highest BCUT2D eigenvalue weighted by Crippen LogP contribution is 2.21. The summed E-state index contributed by atoms with van der Waals surface area (Å²) in [6, 6.07) is 5.99. The van der Waals surface area contributed by atoms with Crippen LogP contribution in [-0.4, -0.2) is 18.1 Å². The fourth-order valence-corrected chi connectivity index (χ4v) is 1.50. The molecule has 0 heterocycles. The van der Waals surface area contributed by atoms with Crippen molar-refractivity contribution in [3.63, 3.8) is 0 Å². The third-order valence-electron chi connectivity index (χ3n) is 2.66. The Kier molecular flexibility index (Phi) is 4.55. The summed E-state index contributed by atoms with van der Waals surface area (Å²) in [7, 11) is 0. The molecule has 0 saturated carbocycles. The molecule has 1 unspecified atom stereocenters. The van der Waals surface area contributed by atoms with E-state index in [4.69, 9.17) is 4.74 Å². The maximum Gasteiger partial charge on any atom is 0.260 e. The highest BCUT2D eigenvalue weighted by atomic mass is 16.5. The van der Waals surface area contributed by atoms with E-state index < -0.39 is 6.10 Å². The van der Waals surface area contributed by atoms with Crippen LogP contribution in [0.4, 0.5) is 0 Å². The lowest BCUT2D eigenvalue weighted by molar-refractivity contribution is -0.127. The molecule has 0 spiro atoms. The molecule has 94 valence electrons. The quantitative estimate of drug-likeness (QED) is 0.871. The third kappa shape index (κ3) is 3.77. The molecule has 1 amide bonds. The van der Waals surface area contributed by atoms with Gasteiger partial charge in [-0.3, -0.25) is 4.79 Å². The van der Waals surface area contributed by atoms with Crippen molar-refractivity contribution in [2.75, 3.05) is 0 Å². The second kappa shape index (κ2) is 5.71. The Bertz CT molecular complexity index is 399. The second-order valence-corrected chi connectivity index (χ2v) is 4.62. The average Bonchev–Trinajstić information content (AvgIpc) is 2.23. The summed E-state index contributed by atoms with van der Waals surface area (Å²) in [5, 5.41) is 2.83. The van der Waals surface area contributed by atoms with Crippen LogP contribution in [0.25, 0.3) is 0 Å². The van der Waals surface area contributed by atoms with Crippen LogP contribution < -0.4 is 10.1 Å². The lowest BCUT2D eigenvalue weighted by Crippen LogP contribution is -2.40. The van der Waals surface area contributed by atoms with Crippen molar-refractivity contribution in [1.82, 2.24) is 5.32 Å². The fourth-order valence-electron chi connectivity index (χ4n) is 1.50. The van der Waals surface area contributed by atoms with Gasteiger partial charge in [-0.1, -0.05) is 12.1 Å². The molecule has 0 aliphatic rings. The summed E-state index contributed by atoms with van der Waals surface area (Å²) < 4.78 is 5.68. The van der Waals surface area contributed by atoms with E-state index in [9.17, 15) is 4.79 Å². The molecule has 3 nitrogen and oxygen atoms in total. The van der Waals surface area contributed by atoms with Crippen molar-refractivity contribution in [2.45, 2.75) is 46.8 Å². The van der Waals surface area contributed by atoms with Crippen molar-refractivity contribution >= 4 is 5.91 Å². The summed E-state index contributed by atoms with van der Waals surface area (Å²) in [5.41, 5.74) is 2.25. The van der Waals surface area contributed by atoms with E-state index in [-0.39, 0.29) is 11.9 Å². The average molecular weight is 235 g/mol. The number of benzene rings is 1. The standard InChI is InChI=1S/C14H21NO2/c1-9(2)15-14(16)12(5)17-13-8-6-7-10(3)11(13)4/h6-9,12H,1-5H3,(H,15,16). The van der Waals surface area contributed by atoms with Gasteiger partial charge in [-0.05, 0) is 51.8 Å². The monoisotopic (exact) mass is 235 g/mol. The Hall–Kier alpha value is -1.51. The Labute approximate surface area is 103 Å². The van der Waals surface area contributed by atoms with Gasteiger partial charge >= 0.3 is 0 Å². The van der Waals surface area contributed by atoms with Gasteiger partial charge < -0.3 is 10.1 Å². The third-order valence-corrected chi connectivity index (χ3v) is 2.66. The number of hydrogen-bond donors (Lipinski definition) is 1. The first kappa shape index (κ1) is 13.6. The second-order valence-electron chi connectivity index (χ2n) is 4.62. The summed E-state index contributed by atoms with van der Waals surface area (Å²) in [6.45, 7) is 9.66. The van der Waals surface area contributed by atoms with E-state index in [0.717, 1.165) is 11.3 Å². The van der Waals surface area contributed by atoms with Crippen LogP contribution in [0.1, 0.15) is 31.9 Å². The lowest BCUT2D eigenvalue weighted by atomic mass is 10.1. The summed E-state index contributed by atoms with van der Waals surface area (Å²) in [6.07, 6.45) is -0.474. The van der Waals surface area contributed by atoms with E-state index in [1.807, 2.05) is 45.9 Å². The number of hydrogen-bond acceptors (Lipinski definition) is 2. The van der Waals surface area contributed by atoms with Gasteiger partial charge in [0.1, 0.15) is 5.75 Å². The first-order valence-corrected chi connectivity index (χ1v) is 5.95. The van der Waals surface area contributed by atoms with Crippen LogP contribution in [0.5, 0.6) is 5.75 Å². The fraction of sp³-hybridized carbons (Fsp3) is 0.500. The number of rotatable bonds is 4. The van der Waals surface area contributed by atoms with E-state index >= 15 is 0 Å². The molecular weight excluding hydrogens is 214 g/mol. The van der Waals surface area contributed by atoms with Gasteiger partial charge in [0.2, 0.25) is 0 Å². The lowest BCUT2D eigenvalue weighted by Gasteiger charge is -2.18. The Morgan fingerprint density at radius 3 is 2.47 bits per heavy atom. The van der Waals surface area contributed by atoms with Gasteiger partial charge in [0, 0.05) is 6.04 Å².